The minimum Gasteiger partial charge on any atom is -0.368 e. The van der Waals surface area contributed by atoms with E-state index in [0.29, 0.717) is 25.3 Å². The molecule has 1 rings (SSSR count). The van der Waals surface area contributed by atoms with Crippen LogP contribution in [0.5, 0.6) is 0 Å². The third kappa shape index (κ3) is 2.16. The van der Waals surface area contributed by atoms with Crippen LogP contribution in [0.25, 0.3) is 0 Å². The van der Waals surface area contributed by atoms with Gasteiger partial charge in [-0.15, -0.1) is 0 Å². The Bertz CT molecular complexity index is 340. The third-order valence-electron chi connectivity index (χ3n) is 3.03. The number of nitriles is 1. The van der Waals surface area contributed by atoms with E-state index >= 15 is 0 Å². The van der Waals surface area contributed by atoms with Crippen molar-refractivity contribution in [1.29, 1.82) is 5.26 Å². The standard InChI is InChI=1S/C11H17N3O2/c1-3-14(6-9(13)15)10(16)11(7-12)4-8(2)5-11/h8H,3-6H2,1-2H3,(H2,13,15). The summed E-state index contributed by atoms with van der Waals surface area (Å²) in [6.07, 6.45) is 1.16. The molecule has 5 nitrogen and oxygen atoms in total. The predicted molar refractivity (Wildman–Crippen MR) is 57.9 cm³/mol. The van der Waals surface area contributed by atoms with Gasteiger partial charge in [0.2, 0.25) is 11.8 Å². The van der Waals surface area contributed by atoms with Crippen molar-refractivity contribution in [1.82, 2.24) is 4.90 Å². The predicted octanol–water partition coefficient (Wildman–Crippen LogP) is 0.260. The van der Waals surface area contributed by atoms with Crippen molar-refractivity contribution in [3.8, 4) is 6.07 Å². The second kappa shape index (κ2) is 4.52. The minimum atomic E-state index is -0.912. The number of primary amides is 1. The van der Waals surface area contributed by atoms with Crippen molar-refractivity contribution in [2.75, 3.05) is 13.1 Å². The first-order valence-electron chi connectivity index (χ1n) is 5.44. The van der Waals surface area contributed by atoms with Gasteiger partial charge in [0.25, 0.3) is 0 Å². The van der Waals surface area contributed by atoms with E-state index in [-0.39, 0.29) is 12.5 Å². The monoisotopic (exact) mass is 223 g/mol. The van der Waals surface area contributed by atoms with Crippen molar-refractivity contribution in [3.63, 3.8) is 0 Å². The fraction of sp³-hybridized carbons (Fsp3) is 0.727. The fourth-order valence-electron chi connectivity index (χ4n) is 2.26. The Morgan fingerprint density at radius 3 is 2.44 bits per heavy atom. The molecule has 1 fully saturated rings. The van der Waals surface area contributed by atoms with E-state index in [4.69, 9.17) is 11.0 Å². The van der Waals surface area contributed by atoms with Gasteiger partial charge in [-0.3, -0.25) is 9.59 Å². The van der Waals surface area contributed by atoms with Gasteiger partial charge in [-0.05, 0) is 25.7 Å². The molecule has 0 spiro atoms. The highest BCUT2D eigenvalue weighted by molar-refractivity contribution is 5.90. The maximum absolute atomic E-state index is 12.1. The molecule has 1 aliphatic carbocycles. The van der Waals surface area contributed by atoms with Crippen molar-refractivity contribution >= 4 is 11.8 Å². The average molecular weight is 223 g/mol. The fourth-order valence-corrected chi connectivity index (χ4v) is 2.26. The molecule has 0 radical (unpaired) electrons. The lowest BCUT2D eigenvalue weighted by atomic mass is 9.62. The molecule has 2 amide bonds. The van der Waals surface area contributed by atoms with Gasteiger partial charge in [0.1, 0.15) is 5.41 Å². The zero-order valence-corrected chi connectivity index (χ0v) is 9.69. The highest BCUT2D eigenvalue weighted by Gasteiger charge is 2.50. The van der Waals surface area contributed by atoms with Crippen LogP contribution < -0.4 is 5.73 Å². The normalized spacial score (nSPS) is 27.7. The summed E-state index contributed by atoms with van der Waals surface area (Å²) in [5.74, 6) is -0.402. The highest BCUT2D eigenvalue weighted by atomic mass is 16.2. The van der Waals surface area contributed by atoms with Gasteiger partial charge in [-0.25, -0.2) is 0 Å². The van der Waals surface area contributed by atoms with Crippen LogP contribution in [0.15, 0.2) is 0 Å². The number of hydrogen-bond donors (Lipinski definition) is 1. The molecule has 1 saturated carbocycles. The Hall–Kier alpha value is -1.57. The van der Waals surface area contributed by atoms with Crippen LogP contribution >= 0.6 is 0 Å². The first-order chi connectivity index (χ1) is 7.45. The molecular formula is C11H17N3O2. The summed E-state index contributed by atoms with van der Waals surface area (Å²) in [6.45, 7) is 4.08. The number of nitrogens with zero attached hydrogens (tertiary/aromatic N) is 2. The Labute approximate surface area is 95.2 Å². The average Bonchev–Trinajstić information content (AvgIpc) is 2.19. The van der Waals surface area contributed by atoms with Crippen molar-refractivity contribution in [2.45, 2.75) is 26.7 Å². The Morgan fingerprint density at radius 1 is 1.56 bits per heavy atom. The molecule has 0 unspecified atom stereocenters. The lowest BCUT2D eigenvalue weighted by molar-refractivity contribution is -0.147. The van der Waals surface area contributed by atoms with E-state index in [9.17, 15) is 9.59 Å². The second-order valence-electron chi connectivity index (χ2n) is 4.49. The number of carbonyl (C=O) groups excluding carboxylic acids is 2. The summed E-state index contributed by atoms with van der Waals surface area (Å²) in [5.41, 5.74) is 4.15. The molecule has 5 heteroatoms. The molecule has 0 aromatic heterocycles. The number of amides is 2. The van der Waals surface area contributed by atoms with Crippen LogP contribution in [0.1, 0.15) is 26.7 Å². The maximum atomic E-state index is 12.1. The number of hydrogen-bond acceptors (Lipinski definition) is 3. The summed E-state index contributed by atoms with van der Waals surface area (Å²) in [5, 5.41) is 9.09. The molecule has 1 aliphatic rings. The molecule has 88 valence electrons. The van der Waals surface area contributed by atoms with Crippen LogP contribution in [-0.4, -0.2) is 29.8 Å². The largest absolute Gasteiger partial charge is 0.368 e. The molecule has 0 atom stereocenters. The van der Waals surface area contributed by atoms with Crippen LogP contribution in [-0.2, 0) is 9.59 Å². The van der Waals surface area contributed by atoms with Gasteiger partial charge in [0.05, 0.1) is 12.6 Å². The van der Waals surface area contributed by atoms with Crippen LogP contribution in [0.2, 0.25) is 0 Å². The van der Waals surface area contributed by atoms with Gasteiger partial charge >= 0.3 is 0 Å². The second-order valence-corrected chi connectivity index (χ2v) is 4.49. The van der Waals surface area contributed by atoms with Crippen molar-refractivity contribution in [2.24, 2.45) is 17.1 Å². The third-order valence-corrected chi connectivity index (χ3v) is 3.03. The summed E-state index contributed by atoms with van der Waals surface area (Å²) in [4.78, 5) is 24.2. The van der Waals surface area contributed by atoms with E-state index in [1.165, 1.54) is 4.90 Å². The van der Waals surface area contributed by atoms with Gasteiger partial charge in [-0.2, -0.15) is 5.26 Å². The van der Waals surface area contributed by atoms with Gasteiger partial charge in [0, 0.05) is 6.54 Å². The van der Waals surface area contributed by atoms with E-state index in [1.54, 1.807) is 6.92 Å². The summed E-state index contributed by atoms with van der Waals surface area (Å²) >= 11 is 0. The highest BCUT2D eigenvalue weighted by Crippen LogP contribution is 2.46. The first-order valence-corrected chi connectivity index (χ1v) is 5.44. The van der Waals surface area contributed by atoms with E-state index < -0.39 is 11.3 Å². The summed E-state index contributed by atoms with van der Waals surface area (Å²) in [7, 11) is 0. The van der Waals surface area contributed by atoms with Crippen molar-refractivity contribution < 1.29 is 9.59 Å². The van der Waals surface area contributed by atoms with Crippen LogP contribution in [0, 0.1) is 22.7 Å². The lowest BCUT2D eigenvalue weighted by Gasteiger charge is -2.41. The number of likely N-dealkylation sites (N-methyl/N-ethyl adjacent to an activating group) is 1. The zero-order valence-electron chi connectivity index (χ0n) is 9.69. The minimum absolute atomic E-state index is 0.104. The molecule has 0 saturated heterocycles. The molecule has 0 heterocycles. The molecule has 16 heavy (non-hydrogen) atoms. The molecule has 0 aliphatic heterocycles. The quantitative estimate of drug-likeness (QED) is 0.741. The number of nitrogens with two attached hydrogens (primary N) is 1. The first kappa shape index (κ1) is 12.5. The number of carbonyl (C=O) groups is 2. The molecular weight excluding hydrogens is 206 g/mol. The van der Waals surface area contributed by atoms with Gasteiger partial charge < -0.3 is 10.6 Å². The Kier molecular flexibility index (Phi) is 3.53. The number of rotatable bonds is 4. The molecule has 0 bridgehead atoms. The van der Waals surface area contributed by atoms with Crippen LogP contribution in [0.4, 0.5) is 0 Å². The van der Waals surface area contributed by atoms with Gasteiger partial charge in [-0.1, -0.05) is 6.92 Å². The Morgan fingerprint density at radius 2 is 2.12 bits per heavy atom. The van der Waals surface area contributed by atoms with Crippen LogP contribution in [0.3, 0.4) is 0 Å². The topological polar surface area (TPSA) is 87.2 Å². The van der Waals surface area contributed by atoms with E-state index in [1.807, 2.05) is 6.92 Å². The zero-order chi connectivity index (χ0) is 12.3. The summed E-state index contributed by atoms with van der Waals surface area (Å²) < 4.78 is 0. The molecule has 2 N–H and O–H groups in total. The maximum Gasteiger partial charge on any atom is 0.243 e. The SMILES string of the molecule is CCN(CC(N)=O)C(=O)C1(C#N)CC(C)C1. The Balaban J connectivity index is 2.75. The summed E-state index contributed by atoms with van der Waals surface area (Å²) in [6, 6.07) is 2.09. The van der Waals surface area contributed by atoms with Gasteiger partial charge in [0.15, 0.2) is 0 Å². The van der Waals surface area contributed by atoms with E-state index in [0.717, 1.165) is 0 Å². The van der Waals surface area contributed by atoms with E-state index in [2.05, 4.69) is 6.07 Å². The lowest BCUT2D eigenvalue weighted by Crippen LogP contribution is -2.51. The smallest absolute Gasteiger partial charge is 0.243 e. The van der Waals surface area contributed by atoms with Crippen molar-refractivity contribution in [3.05, 3.63) is 0 Å². The molecule has 0 aromatic rings. The molecule has 0 aromatic carbocycles.